The third-order valence-corrected chi connectivity index (χ3v) is 5.83. The Morgan fingerprint density at radius 2 is 1.75 bits per heavy atom. The van der Waals surface area contributed by atoms with Gasteiger partial charge in [-0.1, -0.05) is 50.2 Å². The van der Waals surface area contributed by atoms with Gasteiger partial charge in [-0.15, -0.1) is 5.10 Å². The van der Waals surface area contributed by atoms with E-state index >= 15 is 0 Å². The Balaban J connectivity index is 1.46. The van der Waals surface area contributed by atoms with Crippen molar-refractivity contribution in [3.8, 4) is 11.6 Å². The number of ether oxygens (including phenoxy) is 1. The van der Waals surface area contributed by atoms with Gasteiger partial charge in [0.15, 0.2) is 0 Å². The van der Waals surface area contributed by atoms with E-state index in [0.29, 0.717) is 22.7 Å². The average Bonchev–Trinajstić information content (AvgIpc) is 3.20. The molecule has 0 fully saturated rings. The number of benzene rings is 3. The molecule has 182 valence electrons. The second kappa shape index (κ2) is 9.61. The van der Waals surface area contributed by atoms with E-state index in [0.717, 1.165) is 10.2 Å². The normalized spacial score (nSPS) is 11.3. The highest BCUT2D eigenvalue weighted by Gasteiger charge is 2.19. The summed E-state index contributed by atoms with van der Waals surface area (Å²) in [5.74, 6) is 0.342. The molecule has 0 radical (unpaired) electrons. The molecule has 2 heterocycles. The van der Waals surface area contributed by atoms with Gasteiger partial charge in [0.05, 0.1) is 11.0 Å². The van der Waals surface area contributed by atoms with Crippen LogP contribution in [0.25, 0.3) is 16.7 Å². The van der Waals surface area contributed by atoms with Crippen LogP contribution in [0.3, 0.4) is 0 Å². The third kappa shape index (κ3) is 4.68. The predicted molar refractivity (Wildman–Crippen MR) is 134 cm³/mol. The first kappa shape index (κ1) is 23.2. The molecule has 5 aromatic rings. The Labute approximate surface area is 206 Å². The maximum absolute atomic E-state index is 13.3. The topological polar surface area (TPSA) is 90.5 Å². The standard InChI is InChI=1S/C27H24FN5O3/c1-17(2)19-9-13-21(14-10-19)36-26-25-31-32(16-24(34)29-15-18-7-11-20(28)12-8-18)27(35)33(25)23-6-4-3-5-22(23)30-26/h3-14,17H,15-16H2,1-2H3,(H,29,34). The molecule has 0 aliphatic heterocycles. The van der Waals surface area contributed by atoms with E-state index in [1.165, 1.54) is 22.1 Å². The van der Waals surface area contributed by atoms with Crippen LogP contribution >= 0.6 is 0 Å². The fraction of sp³-hybridized carbons (Fsp3) is 0.185. The first-order valence-electron chi connectivity index (χ1n) is 11.6. The molecule has 0 aliphatic carbocycles. The SMILES string of the molecule is CC(C)c1ccc(Oc2nc3ccccc3n3c(=O)n(CC(=O)NCc4ccc(F)cc4)nc23)cc1. The summed E-state index contributed by atoms with van der Waals surface area (Å²) in [6, 6.07) is 20.6. The molecule has 5 rings (SSSR count). The van der Waals surface area contributed by atoms with Gasteiger partial charge in [-0.2, -0.15) is 0 Å². The van der Waals surface area contributed by atoms with Crippen molar-refractivity contribution in [3.63, 3.8) is 0 Å². The molecule has 1 N–H and O–H groups in total. The molecule has 0 saturated carbocycles. The number of carbonyl (C=O) groups is 1. The summed E-state index contributed by atoms with van der Waals surface area (Å²) >= 11 is 0. The van der Waals surface area contributed by atoms with Crippen LogP contribution in [0.2, 0.25) is 0 Å². The monoisotopic (exact) mass is 485 g/mol. The summed E-state index contributed by atoms with van der Waals surface area (Å²) in [6.07, 6.45) is 0. The van der Waals surface area contributed by atoms with Gasteiger partial charge in [0.1, 0.15) is 18.1 Å². The number of amides is 1. The van der Waals surface area contributed by atoms with E-state index in [2.05, 4.69) is 29.2 Å². The highest BCUT2D eigenvalue weighted by Crippen LogP contribution is 2.27. The molecule has 2 aromatic heterocycles. The highest BCUT2D eigenvalue weighted by molar-refractivity contribution is 5.80. The molecule has 36 heavy (non-hydrogen) atoms. The summed E-state index contributed by atoms with van der Waals surface area (Å²) in [5.41, 5.74) is 2.74. The predicted octanol–water partition coefficient (Wildman–Crippen LogP) is 4.42. The first-order valence-corrected chi connectivity index (χ1v) is 11.6. The molecular formula is C27H24FN5O3. The largest absolute Gasteiger partial charge is 0.436 e. The van der Waals surface area contributed by atoms with Crippen LogP contribution in [-0.4, -0.2) is 25.1 Å². The molecule has 3 aromatic carbocycles. The number of fused-ring (bicyclic) bond motifs is 3. The van der Waals surface area contributed by atoms with Gasteiger partial charge in [-0.3, -0.25) is 4.79 Å². The lowest BCUT2D eigenvalue weighted by molar-refractivity contribution is -0.122. The second-order valence-corrected chi connectivity index (χ2v) is 8.73. The van der Waals surface area contributed by atoms with Crippen LogP contribution in [0.4, 0.5) is 4.39 Å². The van der Waals surface area contributed by atoms with E-state index in [4.69, 9.17) is 4.74 Å². The van der Waals surface area contributed by atoms with Gasteiger partial charge in [0.2, 0.25) is 11.6 Å². The molecular weight excluding hydrogens is 461 g/mol. The van der Waals surface area contributed by atoms with Gasteiger partial charge >= 0.3 is 5.69 Å². The van der Waals surface area contributed by atoms with Gasteiger partial charge < -0.3 is 10.1 Å². The number of nitrogens with zero attached hydrogens (tertiary/aromatic N) is 4. The number of carbonyl (C=O) groups excluding carboxylic acids is 1. The van der Waals surface area contributed by atoms with Crippen molar-refractivity contribution in [1.82, 2.24) is 24.5 Å². The summed E-state index contributed by atoms with van der Waals surface area (Å²) in [7, 11) is 0. The molecule has 0 spiro atoms. The van der Waals surface area contributed by atoms with Gasteiger partial charge in [-0.25, -0.2) is 23.3 Å². The van der Waals surface area contributed by atoms with Gasteiger partial charge in [0.25, 0.3) is 5.88 Å². The summed E-state index contributed by atoms with van der Waals surface area (Å²) in [6.45, 7) is 4.13. The lowest BCUT2D eigenvalue weighted by Crippen LogP contribution is -2.32. The van der Waals surface area contributed by atoms with Crippen LogP contribution in [0.1, 0.15) is 30.9 Å². The quantitative estimate of drug-likeness (QED) is 0.369. The molecule has 1 amide bonds. The number of rotatable bonds is 7. The van der Waals surface area contributed by atoms with Crippen molar-refractivity contribution in [2.24, 2.45) is 0 Å². The minimum absolute atomic E-state index is 0.161. The lowest BCUT2D eigenvalue weighted by atomic mass is 10.0. The second-order valence-electron chi connectivity index (χ2n) is 8.73. The lowest BCUT2D eigenvalue weighted by Gasteiger charge is -2.09. The van der Waals surface area contributed by atoms with E-state index < -0.39 is 11.6 Å². The van der Waals surface area contributed by atoms with Gasteiger partial charge in [0, 0.05) is 6.54 Å². The molecule has 8 nitrogen and oxygen atoms in total. The zero-order valence-corrected chi connectivity index (χ0v) is 19.8. The number of nitrogens with one attached hydrogen (secondary N) is 1. The average molecular weight is 486 g/mol. The zero-order chi connectivity index (χ0) is 25.2. The van der Waals surface area contributed by atoms with Crippen molar-refractivity contribution < 1.29 is 13.9 Å². The van der Waals surface area contributed by atoms with Crippen molar-refractivity contribution in [3.05, 3.63) is 100 Å². The van der Waals surface area contributed by atoms with E-state index in [1.807, 2.05) is 30.3 Å². The van der Waals surface area contributed by atoms with Gasteiger partial charge in [-0.05, 0) is 53.4 Å². The molecule has 0 atom stereocenters. The minimum atomic E-state index is -0.486. The number of aromatic nitrogens is 4. The number of halogens is 1. The Morgan fingerprint density at radius 3 is 2.47 bits per heavy atom. The minimum Gasteiger partial charge on any atom is -0.436 e. The molecule has 0 aliphatic rings. The Kier molecular flexibility index (Phi) is 6.20. The highest BCUT2D eigenvalue weighted by atomic mass is 19.1. The van der Waals surface area contributed by atoms with E-state index in [1.54, 1.807) is 30.3 Å². The van der Waals surface area contributed by atoms with E-state index in [9.17, 15) is 14.0 Å². The van der Waals surface area contributed by atoms with Crippen LogP contribution < -0.4 is 15.7 Å². The Bertz CT molecular complexity index is 1610. The molecule has 9 heteroatoms. The van der Waals surface area contributed by atoms with Crippen LogP contribution in [0.5, 0.6) is 11.6 Å². The van der Waals surface area contributed by atoms with Crippen LogP contribution in [0.15, 0.2) is 77.6 Å². The fourth-order valence-corrected chi connectivity index (χ4v) is 3.87. The molecule has 0 saturated heterocycles. The summed E-state index contributed by atoms with van der Waals surface area (Å²) in [5, 5.41) is 7.11. The smallest absolute Gasteiger partial charge is 0.351 e. The Hall–Kier alpha value is -4.53. The zero-order valence-electron chi connectivity index (χ0n) is 19.8. The maximum atomic E-state index is 13.3. The summed E-state index contributed by atoms with van der Waals surface area (Å²) < 4.78 is 21.6. The molecule has 0 unspecified atom stereocenters. The molecule has 0 bridgehead atoms. The Morgan fingerprint density at radius 1 is 1.03 bits per heavy atom. The van der Waals surface area contributed by atoms with Crippen molar-refractivity contribution in [2.45, 2.75) is 32.9 Å². The number of hydrogen-bond donors (Lipinski definition) is 1. The van der Waals surface area contributed by atoms with Crippen LogP contribution in [0, 0.1) is 5.82 Å². The van der Waals surface area contributed by atoms with E-state index in [-0.39, 0.29) is 30.4 Å². The van der Waals surface area contributed by atoms with Crippen molar-refractivity contribution in [2.75, 3.05) is 0 Å². The summed E-state index contributed by atoms with van der Waals surface area (Å²) in [4.78, 5) is 30.4. The number of para-hydroxylation sites is 2. The fourth-order valence-electron chi connectivity index (χ4n) is 3.87. The van der Waals surface area contributed by atoms with Crippen molar-refractivity contribution >= 4 is 22.6 Å². The first-order chi connectivity index (χ1) is 17.4. The van der Waals surface area contributed by atoms with Crippen molar-refractivity contribution in [1.29, 1.82) is 0 Å². The van der Waals surface area contributed by atoms with Crippen LogP contribution in [-0.2, 0) is 17.9 Å². The maximum Gasteiger partial charge on any atom is 0.351 e. The third-order valence-electron chi connectivity index (χ3n) is 5.83. The number of hydrogen-bond acceptors (Lipinski definition) is 5.